The summed E-state index contributed by atoms with van der Waals surface area (Å²) in [7, 11) is 0. The van der Waals surface area contributed by atoms with Gasteiger partial charge in [-0.05, 0) is 62.8 Å². The molecule has 1 aliphatic heterocycles. The largest absolute Gasteiger partial charge is 0.314 e. The van der Waals surface area contributed by atoms with Crippen LogP contribution < -0.4 is 5.32 Å². The molecule has 0 aromatic rings. The van der Waals surface area contributed by atoms with Crippen LogP contribution in [-0.4, -0.2) is 12.6 Å². The molecule has 1 heteroatoms. The van der Waals surface area contributed by atoms with Crippen molar-refractivity contribution < 1.29 is 0 Å². The fourth-order valence-electron chi connectivity index (χ4n) is 3.54. The van der Waals surface area contributed by atoms with Gasteiger partial charge in [0.15, 0.2) is 0 Å². The molecule has 0 aromatic heterocycles. The topological polar surface area (TPSA) is 12.0 Å². The summed E-state index contributed by atoms with van der Waals surface area (Å²) in [6.07, 6.45) is 7.33. The fraction of sp³-hybridized carbons (Fsp3) is 1.00. The summed E-state index contributed by atoms with van der Waals surface area (Å²) in [5.74, 6) is 1.91. The third-order valence-corrected chi connectivity index (χ3v) is 4.96. The van der Waals surface area contributed by atoms with E-state index in [1.807, 2.05) is 0 Å². The molecule has 1 saturated heterocycles. The second-order valence-electron chi connectivity index (χ2n) is 5.87. The van der Waals surface area contributed by atoms with Crippen LogP contribution in [0.3, 0.4) is 0 Å². The van der Waals surface area contributed by atoms with Crippen LogP contribution in [0.5, 0.6) is 0 Å². The van der Waals surface area contributed by atoms with Crippen LogP contribution in [0, 0.1) is 17.3 Å². The zero-order valence-electron chi connectivity index (χ0n) is 9.97. The first kappa shape index (κ1) is 10.5. The molecule has 2 rings (SSSR count). The number of nitrogens with one attached hydrogen (secondary N) is 1. The van der Waals surface area contributed by atoms with E-state index < -0.39 is 0 Å². The summed E-state index contributed by atoms with van der Waals surface area (Å²) < 4.78 is 0. The van der Waals surface area contributed by atoms with Crippen molar-refractivity contribution >= 4 is 0 Å². The van der Waals surface area contributed by atoms with Crippen LogP contribution >= 0.6 is 0 Å². The SMILES string of the molecule is CC(C)C1CCC2(CCNC2C)CC1. The lowest BCUT2D eigenvalue weighted by Crippen LogP contribution is -2.38. The van der Waals surface area contributed by atoms with Crippen molar-refractivity contribution in [3.8, 4) is 0 Å². The summed E-state index contributed by atoms with van der Waals surface area (Å²) in [5, 5.41) is 3.62. The maximum atomic E-state index is 3.62. The van der Waals surface area contributed by atoms with Crippen LogP contribution in [0.1, 0.15) is 52.9 Å². The van der Waals surface area contributed by atoms with Crippen LogP contribution in [-0.2, 0) is 0 Å². The standard InChI is InChI=1S/C13H25N/c1-10(2)12-4-6-13(7-5-12)8-9-14-11(13)3/h10-12,14H,4-9H2,1-3H3. The first-order valence-electron chi connectivity index (χ1n) is 6.37. The molecule has 0 radical (unpaired) electrons. The Balaban J connectivity index is 1.94. The normalized spacial score (nSPS) is 43.7. The van der Waals surface area contributed by atoms with E-state index in [9.17, 15) is 0 Å². The quantitative estimate of drug-likeness (QED) is 0.677. The van der Waals surface area contributed by atoms with Gasteiger partial charge in [-0.3, -0.25) is 0 Å². The van der Waals surface area contributed by atoms with Crippen LogP contribution in [0.15, 0.2) is 0 Å². The molecule has 1 nitrogen and oxygen atoms in total. The van der Waals surface area contributed by atoms with E-state index in [0.29, 0.717) is 5.41 Å². The van der Waals surface area contributed by atoms with Gasteiger partial charge >= 0.3 is 0 Å². The van der Waals surface area contributed by atoms with E-state index in [2.05, 4.69) is 26.1 Å². The van der Waals surface area contributed by atoms with Gasteiger partial charge in [-0.15, -0.1) is 0 Å². The minimum atomic E-state index is 0.686. The summed E-state index contributed by atoms with van der Waals surface area (Å²) >= 11 is 0. The molecule has 1 spiro atoms. The van der Waals surface area contributed by atoms with Crippen molar-refractivity contribution in [1.82, 2.24) is 5.32 Å². The van der Waals surface area contributed by atoms with Gasteiger partial charge < -0.3 is 5.32 Å². The Morgan fingerprint density at radius 2 is 1.79 bits per heavy atom. The molecule has 1 saturated carbocycles. The van der Waals surface area contributed by atoms with Crippen LogP contribution in [0.4, 0.5) is 0 Å². The first-order valence-corrected chi connectivity index (χ1v) is 6.37. The van der Waals surface area contributed by atoms with E-state index in [1.54, 1.807) is 0 Å². The maximum absolute atomic E-state index is 3.62. The highest BCUT2D eigenvalue weighted by Crippen LogP contribution is 2.47. The van der Waals surface area contributed by atoms with Gasteiger partial charge in [0.2, 0.25) is 0 Å². The molecule has 0 aromatic carbocycles. The molecule has 14 heavy (non-hydrogen) atoms. The number of rotatable bonds is 1. The van der Waals surface area contributed by atoms with E-state index in [1.165, 1.54) is 38.6 Å². The predicted octanol–water partition coefficient (Wildman–Crippen LogP) is 3.20. The van der Waals surface area contributed by atoms with E-state index in [4.69, 9.17) is 0 Å². The molecule has 1 heterocycles. The van der Waals surface area contributed by atoms with Crippen LogP contribution in [0.25, 0.3) is 0 Å². The van der Waals surface area contributed by atoms with E-state index in [0.717, 1.165) is 17.9 Å². The van der Waals surface area contributed by atoms with Crippen LogP contribution in [0.2, 0.25) is 0 Å². The van der Waals surface area contributed by atoms with Gasteiger partial charge in [0.05, 0.1) is 0 Å². The Morgan fingerprint density at radius 1 is 1.14 bits per heavy atom. The lowest BCUT2D eigenvalue weighted by molar-refractivity contribution is 0.116. The fourth-order valence-corrected chi connectivity index (χ4v) is 3.54. The lowest BCUT2D eigenvalue weighted by atomic mass is 9.65. The van der Waals surface area contributed by atoms with Crippen molar-refractivity contribution in [2.45, 2.75) is 58.9 Å². The molecule has 2 fully saturated rings. The highest BCUT2D eigenvalue weighted by Gasteiger charge is 2.42. The zero-order chi connectivity index (χ0) is 10.2. The number of hydrogen-bond acceptors (Lipinski definition) is 1. The minimum absolute atomic E-state index is 0.686. The monoisotopic (exact) mass is 195 g/mol. The Morgan fingerprint density at radius 3 is 2.21 bits per heavy atom. The van der Waals surface area contributed by atoms with E-state index in [-0.39, 0.29) is 0 Å². The lowest BCUT2D eigenvalue weighted by Gasteiger charge is -2.41. The molecule has 1 unspecified atom stereocenters. The molecule has 1 aliphatic carbocycles. The third-order valence-electron chi connectivity index (χ3n) is 4.96. The Labute approximate surface area is 88.7 Å². The first-order chi connectivity index (χ1) is 6.64. The average molecular weight is 195 g/mol. The van der Waals surface area contributed by atoms with Crippen molar-refractivity contribution in [3.63, 3.8) is 0 Å². The van der Waals surface area contributed by atoms with Gasteiger partial charge in [-0.25, -0.2) is 0 Å². The number of hydrogen-bond donors (Lipinski definition) is 1. The molecule has 2 aliphatic rings. The van der Waals surface area contributed by atoms with Crippen molar-refractivity contribution in [3.05, 3.63) is 0 Å². The van der Waals surface area contributed by atoms with Crippen molar-refractivity contribution in [1.29, 1.82) is 0 Å². The molecule has 0 amide bonds. The summed E-state index contributed by atoms with van der Waals surface area (Å²) in [5.41, 5.74) is 0.686. The van der Waals surface area contributed by atoms with E-state index >= 15 is 0 Å². The summed E-state index contributed by atoms with van der Waals surface area (Å²) in [6.45, 7) is 8.42. The Bertz CT molecular complexity index is 189. The van der Waals surface area contributed by atoms with Crippen molar-refractivity contribution in [2.24, 2.45) is 17.3 Å². The zero-order valence-corrected chi connectivity index (χ0v) is 9.97. The third kappa shape index (κ3) is 1.71. The van der Waals surface area contributed by atoms with Crippen molar-refractivity contribution in [2.75, 3.05) is 6.54 Å². The average Bonchev–Trinajstić information content (AvgIpc) is 2.49. The second kappa shape index (κ2) is 3.84. The van der Waals surface area contributed by atoms with Gasteiger partial charge in [-0.2, -0.15) is 0 Å². The van der Waals surface area contributed by atoms with Gasteiger partial charge in [0.25, 0.3) is 0 Å². The summed E-state index contributed by atoms with van der Waals surface area (Å²) in [4.78, 5) is 0. The molecular weight excluding hydrogens is 170 g/mol. The molecule has 1 atom stereocenters. The molecule has 1 N–H and O–H groups in total. The molecule has 82 valence electrons. The van der Waals surface area contributed by atoms with Gasteiger partial charge in [-0.1, -0.05) is 13.8 Å². The summed E-state index contributed by atoms with van der Waals surface area (Å²) in [6, 6.07) is 0.774. The Hall–Kier alpha value is -0.0400. The minimum Gasteiger partial charge on any atom is -0.314 e. The molecule has 0 bridgehead atoms. The predicted molar refractivity (Wildman–Crippen MR) is 61.3 cm³/mol. The molecular formula is C13H25N. The highest BCUT2D eigenvalue weighted by molar-refractivity contribution is 4.97. The van der Waals surface area contributed by atoms with Gasteiger partial charge in [0.1, 0.15) is 0 Å². The Kier molecular flexibility index (Phi) is 2.88. The maximum Gasteiger partial charge on any atom is 0.00956 e. The van der Waals surface area contributed by atoms with Gasteiger partial charge in [0, 0.05) is 6.04 Å². The second-order valence-corrected chi connectivity index (χ2v) is 5.87. The highest BCUT2D eigenvalue weighted by atomic mass is 15.0. The smallest absolute Gasteiger partial charge is 0.00956 e.